The summed E-state index contributed by atoms with van der Waals surface area (Å²) in [7, 11) is 5.91. The maximum absolute atomic E-state index is 12.8. The van der Waals surface area contributed by atoms with Gasteiger partial charge in [-0.15, -0.1) is 0 Å². The van der Waals surface area contributed by atoms with Crippen LogP contribution in [-0.4, -0.2) is 82.3 Å². The van der Waals surface area contributed by atoms with Crippen LogP contribution in [0.15, 0.2) is 36.5 Å². The van der Waals surface area contributed by atoms with Gasteiger partial charge in [-0.3, -0.25) is 9.59 Å². The maximum atomic E-state index is 12.8. The van der Waals surface area contributed by atoms with Crippen LogP contribution in [0.4, 0.5) is 0 Å². The minimum absolute atomic E-state index is 0.148. The Balaban J connectivity index is 4.05. The quantitative estimate of drug-likeness (QED) is 0.0195. The van der Waals surface area contributed by atoms with Gasteiger partial charge in [-0.25, -0.2) is 0 Å². The highest BCUT2D eigenvalue weighted by Crippen LogP contribution is 2.16. The molecule has 0 heterocycles. The summed E-state index contributed by atoms with van der Waals surface area (Å²) in [6.45, 7) is 4.68. The third-order valence-electron chi connectivity index (χ3n) is 12.1. The molecule has 0 spiro atoms. The van der Waals surface area contributed by atoms with Crippen LogP contribution in [0.25, 0.3) is 0 Å². The third-order valence-corrected chi connectivity index (χ3v) is 12.1. The van der Waals surface area contributed by atoms with Crippen molar-refractivity contribution in [3.63, 3.8) is 0 Å². The molecule has 0 aromatic heterocycles. The summed E-state index contributed by atoms with van der Waals surface area (Å²) >= 11 is 0. The van der Waals surface area contributed by atoms with Gasteiger partial charge in [0, 0.05) is 12.8 Å². The van der Waals surface area contributed by atoms with Crippen molar-refractivity contribution in [1.82, 2.24) is 0 Å². The second-order valence-electron chi connectivity index (χ2n) is 19.9. The van der Waals surface area contributed by atoms with Crippen LogP contribution in [0, 0.1) is 0 Å². The van der Waals surface area contributed by atoms with Crippen LogP contribution in [-0.2, 0) is 33.3 Å². The molecule has 0 amide bonds. The van der Waals surface area contributed by atoms with Crippen molar-refractivity contribution in [3.05, 3.63) is 36.5 Å². The van der Waals surface area contributed by atoms with Crippen LogP contribution < -0.4 is 5.11 Å². The molecule has 0 saturated carbocycles. The van der Waals surface area contributed by atoms with Crippen LogP contribution in [0.1, 0.15) is 251 Å². The SMILES string of the molecule is CCC/C=C\CCCCCCCC(=O)OCC(COC(OCC[N+](C)(C)C)C(=O)[O-])OC(=O)CCCCCCCCCCCCCCCCCCCCC/C=C\C/C=C\CCCCCCC. The van der Waals surface area contributed by atoms with Crippen molar-refractivity contribution < 1.29 is 42.9 Å². The number of hydrogen-bond acceptors (Lipinski definition) is 8. The Kier molecular flexibility index (Phi) is 47.1. The number of nitrogens with zero attached hydrogens (tertiary/aromatic N) is 1. The fourth-order valence-electron chi connectivity index (χ4n) is 7.80. The smallest absolute Gasteiger partial charge is 0.306 e. The van der Waals surface area contributed by atoms with Gasteiger partial charge in [0.05, 0.1) is 40.3 Å². The predicted octanol–water partition coefficient (Wildman–Crippen LogP) is 14.4. The fraction of sp³-hybridized carbons (Fsp3) is 0.842. The van der Waals surface area contributed by atoms with Crippen molar-refractivity contribution in [2.45, 2.75) is 264 Å². The largest absolute Gasteiger partial charge is 0.545 e. The molecular formula is C57H105NO8. The molecule has 0 radical (unpaired) electrons. The van der Waals surface area contributed by atoms with Crippen molar-refractivity contribution in [2.75, 3.05) is 47.5 Å². The Morgan fingerprint density at radius 3 is 1.27 bits per heavy atom. The number of carbonyl (C=O) groups excluding carboxylic acids is 3. The second-order valence-corrected chi connectivity index (χ2v) is 19.9. The first-order valence-electron chi connectivity index (χ1n) is 27.6. The van der Waals surface area contributed by atoms with Crippen LogP contribution >= 0.6 is 0 Å². The Bertz CT molecular complexity index is 1180. The number of esters is 2. The highest BCUT2D eigenvalue weighted by molar-refractivity contribution is 5.70. The third kappa shape index (κ3) is 49.4. The molecule has 0 aliphatic carbocycles. The van der Waals surface area contributed by atoms with E-state index in [-0.39, 0.29) is 38.6 Å². The van der Waals surface area contributed by atoms with Gasteiger partial charge in [-0.2, -0.15) is 0 Å². The molecule has 0 aliphatic heterocycles. The second kappa shape index (κ2) is 48.9. The normalized spacial score (nSPS) is 13.0. The molecule has 0 rings (SSSR count). The standard InChI is InChI=1S/C57H105NO8/c1-6-8-10-12-14-16-18-19-20-21-22-23-24-25-26-27-28-29-30-31-32-33-34-35-36-37-38-40-42-44-46-48-55(60)66-53(52-65-57(56(61)62)63-50-49-58(3,4)5)51-64-54(59)47-45-43-41-39-17-15-13-11-9-7-2/h11,13,18-19,21-22,53,57H,6-10,12,14-17,20,23-52H2,1-5H3/b13-11-,19-18-,22-21-. The molecule has 0 bridgehead atoms. The highest BCUT2D eigenvalue weighted by atomic mass is 16.7. The molecule has 0 fully saturated rings. The molecule has 0 saturated heterocycles. The van der Waals surface area contributed by atoms with Gasteiger partial charge >= 0.3 is 11.9 Å². The maximum Gasteiger partial charge on any atom is 0.306 e. The van der Waals surface area contributed by atoms with Crippen LogP contribution in [0.2, 0.25) is 0 Å². The summed E-state index contributed by atoms with van der Waals surface area (Å²) < 4.78 is 22.6. The molecule has 9 heteroatoms. The number of aliphatic carboxylic acids is 1. The van der Waals surface area contributed by atoms with E-state index in [0.717, 1.165) is 64.2 Å². The Morgan fingerprint density at radius 2 is 0.848 bits per heavy atom. The number of unbranched alkanes of at least 4 members (excludes halogenated alkanes) is 30. The van der Waals surface area contributed by atoms with E-state index in [0.29, 0.717) is 17.4 Å². The van der Waals surface area contributed by atoms with Crippen LogP contribution in [0.3, 0.4) is 0 Å². The number of likely N-dealkylation sites (N-methyl/N-ethyl adjacent to an activating group) is 1. The molecule has 0 aromatic carbocycles. The molecule has 9 nitrogen and oxygen atoms in total. The van der Waals surface area contributed by atoms with E-state index in [1.165, 1.54) is 154 Å². The van der Waals surface area contributed by atoms with Gasteiger partial charge in [0.1, 0.15) is 13.2 Å². The summed E-state index contributed by atoms with van der Waals surface area (Å²) in [5.41, 5.74) is 0. The summed E-state index contributed by atoms with van der Waals surface area (Å²) in [6.07, 6.45) is 55.0. The Labute approximate surface area is 407 Å². The summed E-state index contributed by atoms with van der Waals surface area (Å²) in [4.78, 5) is 37.0. The van der Waals surface area contributed by atoms with Crippen molar-refractivity contribution in [1.29, 1.82) is 0 Å². The lowest BCUT2D eigenvalue weighted by Gasteiger charge is -2.26. The zero-order chi connectivity index (χ0) is 48.4. The predicted molar refractivity (Wildman–Crippen MR) is 274 cm³/mol. The lowest BCUT2D eigenvalue weighted by Crippen LogP contribution is -2.44. The summed E-state index contributed by atoms with van der Waals surface area (Å²) in [6, 6.07) is 0. The number of quaternary nitrogens is 1. The molecule has 0 N–H and O–H groups in total. The first kappa shape index (κ1) is 63.5. The van der Waals surface area contributed by atoms with Crippen molar-refractivity contribution >= 4 is 17.9 Å². The minimum Gasteiger partial charge on any atom is -0.545 e. The molecule has 0 aromatic rings. The van der Waals surface area contributed by atoms with E-state index in [1.807, 2.05) is 21.1 Å². The number of allylic oxidation sites excluding steroid dienone is 6. The van der Waals surface area contributed by atoms with E-state index in [9.17, 15) is 19.5 Å². The average molecular weight is 932 g/mol. The van der Waals surface area contributed by atoms with Crippen molar-refractivity contribution in [3.8, 4) is 0 Å². The topological polar surface area (TPSA) is 111 Å². The lowest BCUT2D eigenvalue weighted by molar-refractivity contribution is -0.870. The van der Waals surface area contributed by atoms with E-state index in [4.69, 9.17) is 18.9 Å². The fourth-order valence-corrected chi connectivity index (χ4v) is 7.80. The molecule has 2 atom stereocenters. The van der Waals surface area contributed by atoms with E-state index in [1.54, 1.807) is 0 Å². The van der Waals surface area contributed by atoms with Gasteiger partial charge < -0.3 is 33.3 Å². The zero-order valence-electron chi connectivity index (χ0n) is 43.8. The van der Waals surface area contributed by atoms with E-state index >= 15 is 0 Å². The van der Waals surface area contributed by atoms with E-state index in [2.05, 4.69) is 50.3 Å². The number of carbonyl (C=O) groups is 3. The van der Waals surface area contributed by atoms with Gasteiger partial charge in [-0.1, -0.05) is 211 Å². The number of carboxylic acids is 1. The number of carboxylic acid groups (broad SMARTS) is 1. The zero-order valence-corrected chi connectivity index (χ0v) is 43.8. The highest BCUT2D eigenvalue weighted by Gasteiger charge is 2.22. The number of hydrogen-bond donors (Lipinski definition) is 0. The first-order chi connectivity index (χ1) is 32.1. The van der Waals surface area contributed by atoms with Gasteiger partial charge in [-0.05, 0) is 64.2 Å². The summed E-state index contributed by atoms with van der Waals surface area (Å²) in [5, 5.41) is 11.7. The number of rotatable bonds is 51. The van der Waals surface area contributed by atoms with Gasteiger partial charge in [0.15, 0.2) is 12.4 Å². The van der Waals surface area contributed by atoms with E-state index < -0.39 is 24.3 Å². The average Bonchev–Trinajstić information content (AvgIpc) is 3.28. The molecule has 0 aliphatic rings. The van der Waals surface area contributed by atoms with Gasteiger partial charge in [0.2, 0.25) is 0 Å². The first-order valence-corrected chi connectivity index (χ1v) is 27.6. The Hall–Kier alpha value is -2.49. The number of ether oxygens (including phenoxy) is 4. The molecular weight excluding hydrogens is 827 g/mol. The molecule has 66 heavy (non-hydrogen) atoms. The Morgan fingerprint density at radius 1 is 0.455 bits per heavy atom. The van der Waals surface area contributed by atoms with Crippen LogP contribution in [0.5, 0.6) is 0 Å². The molecule has 386 valence electrons. The monoisotopic (exact) mass is 932 g/mol. The van der Waals surface area contributed by atoms with Crippen molar-refractivity contribution in [2.24, 2.45) is 0 Å². The molecule has 2 unspecified atom stereocenters. The minimum atomic E-state index is -1.62. The lowest BCUT2D eigenvalue weighted by atomic mass is 10.0. The summed E-state index contributed by atoms with van der Waals surface area (Å²) in [5.74, 6) is -2.29. The van der Waals surface area contributed by atoms with Gasteiger partial charge in [0.25, 0.3) is 0 Å².